The van der Waals surface area contributed by atoms with Gasteiger partial charge < -0.3 is 24.4 Å². The molecular formula is C17H18F3N3O6. The van der Waals surface area contributed by atoms with Crippen molar-refractivity contribution in [3.63, 3.8) is 0 Å². The Kier molecular flexibility index (Phi) is 7.83. The molecule has 9 nitrogen and oxygen atoms in total. The Morgan fingerprint density at radius 2 is 1.97 bits per heavy atom. The van der Waals surface area contributed by atoms with Crippen molar-refractivity contribution in [1.29, 1.82) is 0 Å². The summed E-state index contributed by atoms with van der Waals surface area (Å²) in [7, 11) is 0. The first-order valence-electron chi connectivity index (χ1n) is 8.35. The number of aliphatic carboxylic acids is 1. The average Bonchev–Trinajstić information content (AvgIpc) is 3.07. The quantitative estimate of drug-likeness (QED) is 0.656. The van der Waals surface area contributed by atoms with E-state index in [0.29, 0.717) is 30.0 Å². The highest BCUT2D eigenvalue weighted by atomic mass is 19.4. The van der Waals surface area contributed by atoms with Crippen LogP contribution in [0.15, 0.2) is 40.9 Å². The molecule has 0 saturated carbocycles. The van der Waals surface area contributed by atoms with Gasteiger partial charge >= 0.3 is 24.2 Å². The van der Waals surface area contributed by atoms with Gasteiger partial charge in [-0.2, -0.15) is 13.2 Å². The molecule has 1 fully saturated rings. The summed E-state index contributed by atoms with van der Waals surface area (Å²) in [4.78, 5) is 20.5. The lowest BCUT2D eigenvalue weighted by Gasteiger charge is -2.26. The highest BCUT2D eigenvalue weighted by Gasteiger charge is 2.38. The van der Waals surface area contributed by atoms with Crippen LogP contribution in [0.2, 0.25) is 0 Å². The smallest absolute Gasteiger partial charge is 0.475 e. The maximum absolute atomic E-state index is 11.6. The molecule has 0 aliphatic carbocycles. The van der Waals surface area contributed by atoms with Crippen molar-refractivity contribution in [3.8, 4) is 5.95 Å². The number of carboxylic acid groups (broad SMARTS) is 1. The monoisotopic (exact) mass is 417 g/mol. The number of benzene rings is 1. The molecule has 1 amide bonds. The van der Waals surface area contributed by atoms with Crippen molar-refractivity contribution in [2.45, 2.75) is 25.2 Å². The molecule has 1 aliphatic heterocycles. The number of aromatic nitrogens is 1. The van der Waals surface area contributed by atoms with Crippen LogP contribution >= 0.6 is 0 Å². The molecule has 3 rings (SSSR count). The van der Waals surface area contributed by atoms with Crippen molar-refractivity contribution in [2.75, 3.05) is 18.5 Å². The number of anilines is 1. The molecule has 1 aliphatic rings. The van der Waals surface area contributed by atoms with Gasteiger partial charge in [0.05, 0.1) is 0 Å². The van der Waals surface area contributed by atoms with E-state index in [1.807, 2.05) is 18.2 Å². The van der Waals surface area contributed by atoms with E-state index in [2.05, 4.69) is 15.8 Å². The number of carbonyl (C=O) groups excluding carboxylic acids is 1. The van der Waals surface area contributed by atoms with E-state index in [4.69, 9.17) is 23.9 Å². The highest BCUT2D eigenvalue weighted by Crippen LogP contribution is 2.15. The lowest BCUT2D eigenvalue weighted by atomic mass is 10.1. The van der Waals surface area contributed by atoms with E-state index >= 15 is 0 Å². The molecule has 1 saturated heterocycles. The molecular weight excluding hydrogens is 399 g/mol. The molecule has 1 atom stereocenters. The normalized spacial score (nSPS) is 15.3. The average molecular weight is 417 g/mol. The molecule has 0 radical (unpaired) electrons. The number of nitrogens with zero attached hydrogens (tertiary/aromatic N) is 1. The Bertz CT molecular complexity index is 793. The standard InChI is InChI=1S/C15H17N3O4.C2HF3O2/c19-15(17-11-4-2-1-3-5-11)21-10-13-8-14(22-18-13)20-9-12-6-7-16-12;3-2(4,5)1(6)7/h1-5,8,12,16H,6-7,9-10H2,(H,17,19);(H,6,7)/t12-;/m0./s1. The Morgan fingerprint density at radius 1 is 1.31 bits per heavy atom. The second-order valence-electron chi connectivity index (χ2n) is 5.76. The molecule has 0 bridgehead atoms. The number of carbonyl (C=O) groups is 2. The molecule has 0 unspecified atom stereocenters. The van der Waals surface area contributed by atoms with Crippen LogP contribution < -0.4 is 15.4 Å². The minimum atomic E-state index is -5.08. The van der Waals surface area contributed by atoms with Crippen molar-refractivity contribution in [2.24, 2.45) is 0 Å². The maximum Gasteiger partial charge on any atom is 0.490 e. The molecule has 29 heavy (non-hydrogen) atoms. The van der Waals surface area contributed by atoms with Gasteiger partial charge in [-0.05, 0) is 25.1 Å². The van der Waals surface area contributed by atoms with Crippen LogP contribution in [0, 0.1) is 0 Å². The Morgan fingerprint density at radius 3 is 2.52 bits per heavy atom. The third kappa shape index (κ3) is 8.09. The van der Waals surface area contributed by atoms with E-state index in [1.54, 1.807) is 18.2 Å². The summed E-state index contributed by atoms with van der Waals surface area (Å²) in [5.74, 6) is -2.43. The summed E-state index contributed by atoms with van der Waals surface area (Å²) < 4.78 is 47.3. The van der Waals surface area contributed by atoms with Crippen molar-refractivity contribution < 1.29 is 41.9 Å². The fourth-order valence-electron chi connectivity index (χ4n) is 1.92. The van der Waals surface area contributed by atoms with Crippen molar-refractivity contribution in [1.82, 2.24) is 10.5 Å². The predicted octanol–water partition coefficient (Wildman–Crippen LogP) is 2.80. The highest BCUT2D eigenvalue weighted by molar-refractivity contribution is 5.84. The number of amides is 1. The van der Waals surface area contributed by atoms with E-state index < -0.39 is 18.2 Å². The predicted molar refractivity (Wildman–Crippen MR) is 92.3 cm³/mol. The molecule has 2 aromatic rings. The van der Waals surface area contributed by atoms with Gasteiger partial charge in [-0.1, -0.05) is 23.4 Å². The fourth-order valence-corrected chi connectivity index (χ4v) is 1.92. The number of alkyl halides is 3. The SMILES string of the molecule is O=C(Nc1ccccc1)OCc1cc(OC[C@@H]2CCN2)on1.O=C(O)C(F)(F)F. The van der Waals surface area contributed by atoms with E-state index in [0.717, 1.165) is 13.0 Å². The van der Waals surface area contributed by atoms with Gasteiger partial charge in [0.15, 0.2) is 0 Å². The van der Waals surface area contributed by atoms with Crippen molar-refractivity contribution >= 4 is 17.7 Å². The second kappa shape index (κ2) is 10.3. The summed E-state index contributed by atoms with van der Waals surface area (Å²) in [5.41, 5.74) is 1.17. The number of ether oxygens (including phenoxy) is 2. The van der Waals surface area contributed by atoms with Crippen LogP contribution in [-0.4, -0.2) is 47.7 Å². The topological polar surface area (TPSA) is 123 Å². The largest absolute Gasteiger partial charge is 0.490 e. The molecule has 12 heteroatoms. The zero-order chi connectivity index (χ0) is 21.3. The molecule has 3 N–H and O–H groups in total. The van der Waals surface area contributed by atoms with Crippen LogP contribution in [0.4, 0.5) is 23.7 Å². The molecule has 2 heterocycles. The number of hydrogen-bond acceptors (Lipinski definition) is 7. The van der Waals surface area contributed by atoms with Gasteiger partial charge in [0.2, 0.25) is 0 Å². The molecule has 0 spiro atoms. The van der Waals surface area contributed by atoms with Gasteiger partial charge in [0.25, 0.3) is 0 Å². The first kappa shape index (κ1) is 22.0. The number of carboxylic acids is 1. The minimum Gasteiger partial charge on any atom is -0.475 e. The number of rotatable bonds is 6. The number of nitrogens with one attached hydrogen (secondary N) is 2. The molecule has 158 valence electrons. The summed E-state index contributed by atoms with van der Waals surface area (Å²) in [6.07, 6.45) is -4.53. The Balaban J connectivity index is 0.000000370. The van der Waals surface area contributed by atoms with Crippen LogP contribution in [0.25, 0.3) is 0 Å². The van der Waals surface area contributed by atoms with Gasteiger partial charge in [0, 0.05) is 17.8 Å². The first-order valence-corrected chi connectivity index (χ1v) is 8.35. The lowest BCUT2D eigenvalue weighted by molar-refractivity contribution is -0.192. The van der Waals surface area contributed by atoms with Crippen molar-refractivity contribution in [3.05, 3.63) is 42.1 Å². The second-order valence-corrected chi connectivity index (χ2v) is 5.76. The summed E-state index contributed by atoms with van der Waals surface area (Å²) in [6, 6.07) is 11.1. The van der Waals surface area contributed by atoms with Gasteiger partial charge in [0.1, 0.15) is 18.9 Å². The van der Waals surface area contributed by atoms with E-state index in [9.17, 15) is 18.0 Å². The third-order valence-electron chi connectivity index (χ3n) is 3.50. The lowest BCUT2D eigenvalue weighted by Crippen LogP contribution is -2.46. The Labute approximate surface area is 162 Å². The van der Waals surface area contributed by atoms with Gasteiger partial charge in [-0.15, -0.1) is 0 Å². The van der Waals surface area contributed by atoms with E-state index in [1.165, 1.54) is 0 Å². The third-order valence-corrected chi connectivity index (χ3v) is 3.50. The number of hydrogen-bond donors (Lipinski definition) is 3. The fraction of sp³-hybridized carbons (Fsp3) is 0.353. The van der Waals surface area contributed by atoms with Gasteiger partial charge in [-0.3, -0.25) is 5.32 Å². The van der Waals surface area contributed by atoms with Crippen LogP contribution in [0.5, 0.6) is 5.95 Å². The zero-order valence-corrected chi connectivity index (χ0v) is 14.9. The summed E-state index contributed by atoms with van der Waals surface area (Å²) in [6.45, 7) is 1.59. The minimum absolute atomic E-state index is 0.0210. The van der Waals surface area contributed by atoms with Crippen LogP contribution in [-0.2, 0) is 16.1 Å². The maximum atomic E-state index is 11.6. The molecule has 1 aromatic heterocycles. The Hall–Kier alpha value is -3.28. The zero-order valence-electron chi connectivity index (χ0n) is 14.9. The van der Waals surface area contributed by atoms with E-state index in [-0.39, 0.29) is 6.61 Å². The summed E-state index contributed by atoms with van der Waals surface area (Å²) >= 11 is 0. The first-order chi connectivity index (χ1) is 13.7. The van der Waals surface area contributed by atoms with Crippen LogP contribution in [0.1, 0.15) is 12.1 Å². The molecule has 1 aromatic carbocycles. The number of halogens is 3. The number of para-hydroxylation sites is 1. The summed E-state index contributed by atoms with van der Waals surface area (Å²) in [5, 5.41) is 16.8. The van der Waals surface area contributed by atoms with Crippen LogP contribution in [0.3, 0.4) is 0 Å². The van der Waals surface area contributed by atoms with Gasteiger partial charge in [-0.25, -0.2) is 9.59 Å².